The molecule has 2 aliphatic rings. The van der Waals surface area contributed by atoms with Gasteiger partial charge >= 0.3 is 0 Å². The zero-order valence-electron chi connectivity index (χ0n) is 14.2. The van der Waals surface area contributed by atoms with Crippen LogP contribution in [-0.2, 0) is 0 Å². The molecule has 5 rings (SSSR count). The molecule has 0 amide bonds. The van der Waals surface area contributed by atoms with Crippen LogP contribution in [0, 0.1) is 0 Å². The number of hydrazone groups is 1. The van der Waals surface area contributed by atoms with E-state index in [2.05, 4.69) is 17.1 Å². The zero-order chi connectivity index (χ0) is 18.4. The zero-order valence-corrected chi connectivity index (χ0v) is 15.7. The summed E-state index contributed by atoms with van der Waals surface area (Å²) in [4.78, 5) is 4.23. The highest BCUT2D eigenvalue weighted by Crippen LogP contribution is 2.50. The van der Waals surface area contributed by atoms with Crippen molar-refractivity contribution in [3.8, 4) is 5.75 Å². The molecule has 0 saturated carbocycles. The fraction of sp³-hybridized carbons (Fsp3) is 0.143. The Bertz CT molecular complexity index is 1020. The number of halogens is 2. The van der Waals surface area contributed by atoms with E-state index in [-0.39, 0.29) is 6.04 Å². The second-order valence-electron chi connectivity index (χ2n) is 6.58. The lowest BCUT2D eigenvalue weighted by atomic mass is 9.96. The van der Waals surface area contributed by atoms with Gasteiger partial charge in [0.05, 0.1) is 16.8 Å². The van der Waals surface area contributed by atoms with Crippen LogP contribution >= 0.6 is 23.2 Å². The van der Waals surface area contributed by atoms with Crippen molar-refractivity contribution in [2.45, 2.75) is 18.7 Å². The molecule has 0 saturated heterocycles. The number of pyridine rings is 1. The van der Waals surface area contributed by atoms with Crippen LogP contribution in [-0.4, -0.2) is 15.7 Å². The summed E-state index contributed by atoms with van der Waals surface area (Å²) in [5, 5.41) is 8.01. The lowest BCUT2D eigenvalue weighted by Gasteiger charge is -2.38. The van der Waals surface area contributed by atoms with Gasteiger partial charge in [-0.2, -0.15) is 5.10 Å². The third-order valence-corrected chi connectivity index (χ3v) is 5.38. The summed E-state index contributed by atoms with van der Waals surface area (Å²) in [6, 6.07) is 17.7. The molecular formula is C21H15Cl2N3O. The predicted molar refractivity (Wildman–Crippen MR) is 106 cm³/mol. The molecule has 134 valence electrons. The summed E-state index contributed by atoms with van der Waals surface area (Å²) in [7, 11) is 0. The number of ether oxygens (including phenoxy) is 1. The van der Waals surface area contributed by atoms with Crippen molar-refractivity contribution in [3.05, 3.63) is 93.7 Å². The Kier molecular flexibility index (Phi) is 4.03. The van der Waals surface area contributed by atoms with Gasteiger partial charge in [-0.05, 0) is 23.8 Å². The van der Waals surface area contributed by atoms with Gasteiger partial charge in [0.15, 0.2) is 0 Å². The van der Waals surface area contributed by atoms with E-state index in [9.17, 15) is 0 Å². The normalized spacial score (nSPS) is 20.5. The number of hydrogen-bond donors (Lipinski definition) is 0. The molecule has 0 N–H and O–H groups in total. The minimum absolute atomic E-state index is 0.00497. The van der Waals surface area contributed by atoms with Crippen LogP contribution in [0.5, 0.6) is 5.75 Å². The summed E-state index contributed by atoms with van der Waals surface area (Å²) >= 11 is 12.7. The first-order chi connectivity index (χ1) is 13.2. The van der Waals surface area contributed by atoms with Crippen molar-refractivity contribution in [1.29, 1.82) is 0 Å². The molecular weight excluding hydrogens is 381 g/mol. The highest BCUT2D eigenvalue weighted by molar-refractivity contribution is 6.35. The van der Waals surface area contributed by atoms with E-state index in [1.165, 1.54) is 0 Å². The highest BCUT2D eigenvalue weighted by atomic mass is 35.5. The molecule has 2 aromatic carbocycles. The van der Waals surface area contributed by atoms with Crippen LogP contribution < -0.4 is 4.74 Å². The van der Waals surface area contributed by atoms with Crippen LogP contribution in [0.4, 0.5) is 0 Å². The lowest BCUT2D eigenvalue weighted by molar-refractivity contribution is -0.0191. The number of nitrogens with zero attached hydrogens (tertiary/aromatic N) is 3. The van der Waals surface area contributed by atoms with Gasteiger partial charge < -0.3 is 4.74 Å². The van der Waals surface area contributed by atoms with Crippen molar-refractivity contribution < 1.29 is 4.74 Å². The van der Waals surface area contributed by atoms with E-state index in [4.69, 9.17) is 33.0 Å². The van der Waals surface area contributed by atoms with Crippen LogP contribution in [0.25, 0.3) is 0 Å². The Morgan fingerprint density at radius 1 is 1.04 bits per heavy atom. The monoisotopic (exact) mass is 395 g/mol. The molecule has 0 radical (unpaired) electrons. The van der Waals surface area contributed by atoms with Gasteiger partial charge in [0.25, 0.3) is 0 Å². The quantitative estimate of drug-likeness (QED) is 0.563. The average molecular weight is 396 g/mol. The first-order valence-corrected chi connectivity index (χ1v) is 9.43. The van der Waals surface area contributed by atoms with Gasteiger partial charge in [0.1, 0.15) is 5.75 Å². The molecule has 0 bridgehead atoms. The predicted octanol–water partition coefficient (Wildman–Crippen LogP) is 5.63. The van der Waals surface area contributed by atoms with Crippen molar-refractivity contribution in [2.24, 2.45) is 5.10 Å². The topological polar surface area (TPSA) is 37.7 Å². The number of hydrogen-bond acceptors (Lipinski definition) is 4. The lowest BCUT2D eigenvalue weighted by Crippen LogP contribution is -2.33. The maximum Gasteiger partial charge on any atom is 0.215 e. The van der Waals surface area contributed by atoms with Gasteiger partial charge in [-0.15, -0.1) is 0 Å². The van der Waals surface area contributed by atoms with Crippen LogP contribution in [0.3, 0.4) is 0 Å². The van der Waals surface area contributed by atoms with E-state index in [0.29, 0.717) is 15.8 Å². The Labute approximate surface area is 167 Å². The molecule has 6 heteroatoms. The standard InChI is InChI=1S/C21H15Cl2N3O/c22-15-9-16-19-11-18(13-5-2-1-3-6-13)25-26(19)21(14-7-4-8-24-12-14)27-20(16)17(23)10-15/h1-10,12,19,21H,11H2/t19-,21+/m0/s1. The number of aromatic nitrogens is 1. The second-order valence-corrected chi connectivity index (χ2v) is 7.42. The van der Waals surface area contributed by atoms with Crippen molar-refractivity contribution in [2.75, 3.05) is 0 Å². The first-order valence-electron chi connectivity index (χ1n) is 8.67. The Morgan fingerprint density at radius 2 is 1.89 bits per heavy atom. The minimum Gasteiger partial charge on any atom is -0.463 e. The Balaban J connectivity index is 1.64. The van der Waals surface area contributed by atoms with Gasteiger partial charge in [0, 0.05) is 35.0 Å². The molecule has 2 aliphatic heterocycles. The third-order valence-electron chi connectivity index (χ3n) is 4.88. The molecule has 1 aromatic heterocycles. The average Bonchev–Trinajstić information content (AvgIpc) is 3.15. The van der Waals surface area contributed by atoms with Crippen LogP contribution in [0.1, 0.15) is 35.4 Å². The van der Waals surface area contributed by atoms with E-state index < -0.39 is 6.23 Å². The number of benzene rings is 2. The molecule has 4 nitrogen and oxygen atoms in total. The number of fused-ring (bicyclic) bond motifs is 3. The SMILES string of the molecule is Clc1cc(Cl)c2c(c1)[C@@H]1CC(c3ccccc3)=NN1[C@@H](c1cccnc1)O2. The largest absolute Gasteiger partial charge is 0.463 e. The summed E-state index contributed by atoms with van der Waals surface area (Å²) in [5.74, 6) is 0.667. The highest BCUT2D eigenvalue weighted by Gasteiger charge is 2.42. The molecule has 0 fully saturated rings. The third kappa shape index (κ3) is 2.85. The molecule has 0 aliphatic carbocycles. The summed E-state index contributed by atoms with van der Waals surface area (Å²) in [5.41, 5.74) is 4.01. The fourth-order valence-electron chi connectivity index (χ4n) is 3.66. The second kappa shape index (κ2) is 6.55. The summed E-state index contributed by atoms with van der Waals surface area (Å²) < 4.78 is 6.29. The smallest absolute Gasteiger partial charge is 0.215 e. The Morgan fingerprint density at radius 3 is 2.67 bits per heavy atom. The first kappa shape index (κ1) is 16.6. The summed E-state index contributed by atoms with van der Waals surface area (Å²) in [6.07, 6.45) is 3.91. The molecule has 27 heavy (non-hydrogen) atoms. The molecule has 0 unspecified atom stereocenters. The molecule has 3 aromatic rings. The van der Waals surface area contributed by atoms with Gasteiger partial charge in [-0.25, -0.2) is 5.01 Å². The van der Waals surface area contributed by atoms with E-state index in [1.807, 2.05) is 41.4 Å². The Hall–Kier alpha value is -2.56. The van der Waals surface area contributed by atoms with Gasteiger partial charge in [-0.3, -0.25) is 4.98 Å². The van der Waals surface area contributed by atoms with E-state index >= 15 is 0 Å². The summed E-state index contributed by atoms with van der Waals surface area (Å²) in [6.45, 7) is 0. The molecule has 2 atom stereocenters. The van der Waals surface area contributed by atoms with Crippen molar-refractivity contribution >= 4 is 28.9 Å². The van der Waals surface area contributed by atoms with Crippen LogP contribution in [0.2, 0.25) is 10.0 Å². The fourth-order valence-corrected chi connectivity index (χ4v) is 4.22. The van der Waals surface area contributed by atoms with Crippen molar-refractivity contribution in [3.63, 3.8) is 0 Å². The maximum atomic E-state index is 6.46. The maximum absolute atomic E-state index is 6.46. The molecule has 0 spiro atoms. The van der Waals surface area contributed by atoms with Crippen LogP contribution in [0.15, 0.2) is 72.1 Å². The van der Waals surface area contributed by atoms with E-state index in [1.54, 1.807) is 18.5 Å². The van der Waals surface area contributed by atoms with Gasteiger partial charge in [0.2, 0.25) is 6.23 Å². The molecule has 3 heterocycles. The number of rotatable bonds is 2. The minimum atomic E-state index is -0.393. The van der Waals surface area contributed by atoms with Crippen molar-refractivity contribution in [1.82, 2.24) is 9.99 Å². The van der Waals surface area contributed by atoms with Gasteiger partial charge in [-0.1, -0.05) is 59.6 Å². The van der Waals surface area contributed by atoms with E-state index in [0.717, 1.165) is 28.8 Å².